The Balaban J connectivity index is 0.00000529. The number of aromatic nitrogens is 4. The van der Waals surface area contributed by atoms with E-state index in [1.807, 2.05) is 0 Å². The van der Waals surface area contributed by atoms with E-state index in [4.69, 9.17) is 15.2 Å². The minimum absolute atomic E-state index is 0. The second kappa shape index (κ2) is 14.3. The molecule has 1 fully saturated rings. The number of carbonyl (C=O) groups excluding carboxylic acids is 3. The van der Waals surface area contributed by atoms with Crippen molar-refractivity contribution in [2.45, 2.75) is 37.3 Å². The zero-order valence-electron chi connectivity index (χ0n) is 23.1. The van der Waals surface area contributed by atoms with Crippen LogP contribution in [0.2, 0.25) is 0 Å². The van der Waals surface area contributed by atoms with Crippen molar-refractivity contribution in [3.05, 3.63) is 32.7 Å². The van der Waals surface area contributed by atoms with E-state index in [2.05, 4.69) is 25.5 Å². The number of hydrogen-bond donors (Lipinski definition) is 4. The van der Waals surface area contributed by atoms with Crippen molar-refractivity contribution in [3.63, 3.8) is 0 Å². The summed E-state index contributed by atoms with van der Waals surface area (Å²) in [6, 6.07) is -1.07. The summed E-state index contributed by atoms with van der Waals surface area (Å²) in [5, 5.41) is 29.7. The van der Waals surface area contributed by atoms with Crippen LogP contribution in [0, 0.1) is 5.41 Å². The maximum atomic E-state index is 13.0. The van der Waals surface area contributed by atoms with Crippen LogP contribution < -0.4 is 21.3 Å². The van der Waals surface area contributed by atoms with Gasteiger partial charge in [0.2, 0.25) is 6.79 Å². The predicted octanol–water partition coefficient (Wildman–Crippen LogP) is -0.800. The summed E-state index contributed by atoms with van der Waals surface area (Å²) >= 11 is 3.28. The van der Waals surface area contributed by atoms with Crippen LogP contribution in [0.3, 0.4) is 0 Å². The number of carbonyl (C=O) groups is 4. The Morgan fingerprint density at radius 3 is 2.57 bits per heavy atom. The fourth-order valence-corrected chi connectivity index (χ4v) is 6.71. The first-order chi connectivity index (χ1) is 20.2. The third-order valence-electron chi connectivity index (χ3n) is 5.89. The van der Waals surface area contributed by atoms with Gasteiger partial charge >= 0.3 is 52.9 Å². The molecule has 0 bridgehead atoms. The number of fused-ring (bicyclic) bond motifs is 1. The second-order valence-electron chi connectivity index (χ2n) is 10.00. The molecule has 5 N–H and O–H groups in total. The number of aliphatic carboxylic acids is 1. The maximum absolute atomic E-state index is 13.0. The Kier molecular flexibility index (Phi) is 11.5. The van der Waals surface area contributed by atoms with Crippen LogP contribution in [-0.4, -0.2) is 124 Å². The SMILES string of the molecule is Cn1nc(OCOC(=O)C(C)(C)C)c(=O)nc1SCC1=C(C(=O)O)N2C(=O)[C@@H](NC(=O)/C(=N\O)c3csc(N)n3)[C@H]2SC1.[NaH]. The number of rotatable bonds is 10. The van der Waals surface area contributed by atoms with Crippen molar-refractivity contribution >= 4 is 99.0 Å². The summed E-state index contributed by atoms with van der Waals surface area (Å²) < 4.78 is 11.4. The molecule has 2 aliphatic heterocycles. The van der Waals surface area contributed by atoms with Gasteiger partial charge in [-0.25, -0.2) is 14.5 Å². The second-order valence-corrected chi connectivity index (χ2v) is 12.9. The van der Waals surface area contributed by atoms with Gasteiger partial charge in [-0.05, 0) is 26.3 Å². The van der Waals surface area contributed by atoms with Gasteiger partial charge in [0.25, 0.3) is 11.8 Å². The van der Waals surface area contributed by atoms with Gasteiger partial charge in [-0.1, -0.05) is 16.9 Å². The molecule has 21 heteroatoms. The number of anilines is 1. The molecule has 2 aromatic heterocycles. The van der Waals surface area contributed by atoms with E-state index in [0.29, 0.717) is 5.57 Å². The number of thioether (sulfide) groups is 2. The number of thiazole rings is 1. The summed E-state index contributed by atoms with van der Waals surface area (Å²) in [4.78, 5) is 71.1. The zero-order chi connectivity index (χ0) is 31.6. The number of carboxylic acids is 1. The van der Waals surface area contributed by atoms with Crippen molar-refractivity contribution in [2.24, 2.45) is 17.6 Å². The molecule has 2 aliphatic rings. The number of ether oxygens (including phenoxy) is 2. The van der Waals surface area contributed by atoms with Gasteiger partial charge in [0, 0.05) is 23.9 Å². The molecule has 2 atom stereocenters. The summed E-state index contributed by atoms with van der Waals surface area (Å²) in [6.45, 7) is 4.46. The molecule has 1 saturated heterocycles. The first-order valence-electron chi connectivity index (χ1n) is 12.2. The molecule has 17 nitrogen and oxygen atoms in total. The van der Waals surface area contributed by atoms with Crippen LogP contribution in [0.1, 0.15) is 26.5 Å². The van der Waals surface area contributed by atoms with Crippen molar-refractivity contribution in [1.29, 1.82) is 0 Å². The van der Waals surface area contributed by atoms with E-state index in [-0.39, 0.29) is 68.6 Å². The first kappa shape index (κ1) is 35.3. The van der Waals surface area contributed by atoms with Gasteiger partial charge < -0.3 is 30.8 Å². The average molecular weight is 679 g/mol. The number of amides is 2. The van der Waals surface area contributed by atoms with Gasteiger partial charge in [-0.2, -0.15) is 4.98 Å². The van der Waals surface area contributed by atoms with Crippen molar-refractivity contribution in [1.82, 2.24) is 30.0 Å². The summed E-state index contributed by atoms with van der Waals surface area (Å²) in [5.74, 6) is -3.56. The number of nitrogens with one attached hydrogen (secondary N) is 1. The van der Waals surface area contributed by atoms with E-state index in [1.54, 1.807) is 20.8 Å². The van der Waals surface area contributed by atoms with E-state index >= 15 is 0 Å². The molecule has 0 spiro atoms. The Morgan fingerprint density at radius 1 is 1.27 bits per heavy atom. The number of nitrogen functional groups attached to an aromatic ring is 1. The predicted molar refractivity (Wildman–Crippen MR) is 161 cm³/mol. The summed E-state index contributed by atoms with van der Waals surface area (Å²) in [6.07, 6.45) is 0. The van der Waals surface area contributed by atoms with Gasteiger partial charge in [0.1, 0.15) is 22.8 Å². The number of β-lactam (4-membered cyclic amide) rings is 1. The number of esters is 1. The Labute approximate surface area is 283 Å². The standard InChI is InChI=1S/C23H26N8O9S3.Na.H/c1-23(2,3)20(37)40-8-39-16-15(33)27-22(30(4)28-16)43-6-9-5-41-18-12(17(34)31(18)13(9)19(35)36)26-14(32)11(29-38)10-7-42-21(24)25-10;;/h7,12,18,38H,5-6,8H2,1-4H3,(H2,24,25)(H,26,32)(H,35,36);;/b29-11-;;/t12-,18-;;/m1../s1. The van der Waals surface area contributed by atoms with E-state index in [1.165, 1.54) is 28.9 Å². The summed E-state index contributed by atoms with van der Waals surface area (Å²) in [7, 11) is 1.50. The molecule has 4 heterocycles. The molecule has 0 aliphatic carbocycles. The van der Waals surface area contributed by atoms with Crippen molar-refractivity contribution in [3.8, 4) is 5.88 Å². The molecule has 2 aromatic rings. The number of hydrogen-bond acceptors (Lipinski definition) is 16. The molecule has 0 radical (unpaired) electrons. The fourth-order valence-electron chi connectivity index (χ4n) is 3.77. The number of aryl methyl sites for hydroxylation is 1. The normalized spacial score (nSPS) is 18.1. The van der Waals surface area contributed by atoms with Crippen molar-refractivity contribution < 1.29 is 39.0 Å². The van der Waals surface area contributed by atoms with Gasteiger partial charge in [0.15, 0.2) is 16.0 Å². The number of nitrogens with two attached hydrogens (primary N) is 1. The monoisotopic (exact) mass is 678 g/mol. The van der Waals surface area contributed by atoms with E-state index in [0.717, 1.165) is 28.0 Å². The molecule has 2 amide bonds. The molecule has 4 rings (SSSR count). The molecule has 232 valence electrons. The molecular formula is C23H27N8NaO9S3. The molecule has 44 heavy (non-hydrogen) atoms. The van der Waals surface area contributed by atoms with Crippen LogP contribution >= 0.6 is 34.9 Å². The molecule has 0 aromatic carbocycles. The Bertz CT molecular complexity index is 1600. The topological polar surface area (TPSA) is 242 Å². The Morgan fingerprint density at radius 2 is 1.98 bits per heavy atom. The number of carboxylic acid groups (broad SMARTS) is 1. The van der Waals surface area contributed by atoms with Crippen LogP contribution in [0.15, 0.2) is 31.8 Å². The number of nitrogens with zero attached hydrogens (tertiary/aromatic N) is 6. The molecular weight excluding hydrogens is 651 g/mol. The number of oxime groups is 1. The minimum atomic E-state index is -1.34. The zero-order valence-corrected chi connectivity index (χ0v) is 25.5. The van der Waals surface area contributed by atoms with Crippen molar-refractivity contribution in [2.75, 3.05) is 24.0 Å². The van der Waals surface area contributed by atoms with E-state index in [9.17, 15) is 34.3 Å². The van der Waals surface area contributed by atoms with E-state index < -0.39 is 58.6 Å². The van der Waals surface area contributed by atoms with Gasteiger partial charge in [-0.15, -0.1) is 28.2 Å². The van der Waals surface area contributed by atoms with Gasteiger partial charge in [0.05, 0.1) is 5.41 Å². The fraction of sp³-hybridized carbons (Fsp3) is 0.435. The average Bonchev–Trinajstić information content (AvgIpc) is 3.37. The molecule has 0 unspecified atom stereocenters. The first-order valence-corrected chi connectivity index (χ1v) is 15.2. The van der Waals surface area contributed by atoms with Gasteiger partial charge in [-0.3, -0.25) is 24.1 Å². The van der Waals surface area contributed by atoms with Crippen LogP contribution in [0.4, 0.5) is 5.13 Å². The third kappa shape index (κ3) is 7.54. The Hall–Kier alpha value is -3.17. The molecule has 0 saturated carbocycles. The third-order valence-corrected chi connectivity index (χ3v) is 9.01. The van der Waals surface area contributed by atoms with Crippen LogP contribution in [0.5, 0.6) is 5.88 Å². The van der Waals surface area contributed by atoms with Crippen LogP contribution in [0.25, 0.3) is 0 Å². The van der Waals surface area contributed by atoms with Crippen LogP contribution in [-0.2, 0) is 31.0 Å². The summed E-state index contributed by atoms with van der Waals surface area (Å²) in [5.41, 5.74) is 3.71. The quantitative estimate of drug-likeness (QED) is 0.0351.